The van der Waals surface area contributed by atoms with Crippen LogP contribution in [0, 0.1) is 0 Å². The summed E-state index contributed by atoms with van der Waals surface area (Å²) in [5.41, 5.74) is 0. The first-order valence-electron chi connectivity index (χ1n) is 2.96. The first-order valence-corrected chi connectivity index (χ1v) is 4.53. The first kappa shape index (κ1) is 10.4. The molecule has 2 aromatic rings. The number of halogens is 2. The molecular weight excluding hydrogens is 233 g/mol. The zero-order valence-corrected chi connectivity index (χ0v) is 8.62. The molecule has 8 heteroatoms. The Labute approximate surface area is 87.6 Å². The third-order valence-corrected chi connectivity index (χ3v) is 2.88. The second-order valence-corrected chi connectivity index (χ2v) is 4.05. The van der Waals surface area contributed by atoms with Gasteiger partial charge in [-0.25, -0.2) is 0 Å². The van der Waals surface area contributed by atoms with Crippen molar-refractivity contribution in [3.63, 3.8) is 0 Å². The third kappa shape index (κ3) is 1.97. The quantitative estimate of drug-likeness (QED) is 0.798. The van der Waals surface area contributed by atoms with Crippen molar-refractivity contribution in [1.29, 1.82) is 0 Å². The molecule has 0 spiro atoms. The van der Waals surface area contributed by atoms with Crippen LogP contribution in [0.3, 0.4) is 0 Å². The van der Waals surface area contributed by atoms with Crippen LogP contribution in [0.4, 0.5) is 0 Å². The van der Waals surface area contributed by atoms with Gasteiger partial charge in [-0.05, 0) is 11.3 Å². The van der Waals surface area contributed by atoms with Crippen molar-refractivity contribution in [2.24, 2.45) is 0 Å². The summed E-state index contributed by atoms with van der Waals surface area (Å²) in [5.74, 6) is 0.469. The van der Waals surface area contributed by atoms with Crippen molar-refractivity contribution >= 4 is 34.5 Å². The number of tetrazole rings is 1. The van der Waals surface area contributed by atoms with Gasteiger partial charge in [0.15, 0.2) is 0 Å². The van der Waals surface area contributed by atoms with Crippen LogP contribution in [0.15, 0.2) is 6.07 Å². The molecule has 0 aliphatic rings. The van der Waals surface area contributed by atoms with Crippen LogP contribution in [0.1, 0.15) is 0 Å². The van der Waals surface area contributed by atoms with E-state index >= 15 is 0 Å². The van der Waals surface area contributed by atoms with E-state index < -0.39 is 0 Å². The van der Waals surface area contributed by atoms with E-state index in [0.29, 0.717) is 15.2 Å². The molecule has 0 saturated heterocycles. The van der Waals surface area contributed by atoms with E-state index in [1.807, 2.05) is 0 Å². The Hall–Kier alpha value is -0.690. The highest BCUT2D eigenvalue weighted by Crippen LogP contribution is 2.36. The fourth-order valence-electron chi connectivity index (χ4n) is 0.751. The summed E-state index contributed by atoms with van der Waals surface area (Å²) in [4.78, 5) is 0.732. The third-order valence-electron chi connectivity index (χ3n) is 1.21. The number of hydrogen-bond donors (Lipinski definition) is 2. The van der Waals surface area contributed by atoms with Crippen LogP contribution in [-0.2, 0) is 0 Å². The van der Waals surface area contributed by atoms with E-state index in [4.69, 9.17) is 23.2 Å². The molecule has 0 bridgehead atoms. The number of aromatic nitrogens is 4. The molecule has 4 N–H and O–H groups in total. The van der Waals surface area contributed by atoms with Crippen LogP contribution < -0.4 is 6.15 Å². The van der Waals surface area contributed by atoms with E-state index in [-0.39, 0.29) is 6.15 Å². The maximum atomic E-state index is 5.84. The molecule has 13 heavy (non-hydrogen) atoms. The average Bonchev–Trinajstić information content (AvgIpc) is 2.58. The Morgan fingerprint density at radius 3 is 2.62 bits per heavy atom. The van der Waals surface area contributed by atoms with Crippen molar-refractivity contribution in [3.05, 3.63) is 15.4 Å². The highest BCUT2D eigenvalue weighted by molar-refractivity contribution is 7.20. The molecule has 0 atom stereocenters. The highest BCUT2D eigenvalue weighted by atomic mass is 35.5. The largest absolute Gasteiger partial charge is 0.344 e. The zero-order valence-electron chi connectivity index (χ0n) is 6.29. The van der Waals surface area contributed by atoms with Gasteiger partial charge in [0.1, 0.15) is 0 Å². The van der Waals surface area contributed by atoms with E-state index in [9.17, 15) is 0 Å². The van der Waals surface area contributed by atoms with Gasteiger partial charge in [0, 0.05) is 0 Å². The fraction of sp³-hybridized carbons (Fsp3) is 0. The smallest absolute Gasteiger partial charge is 0.216 e. The number of thiophene rings is 1. The maximum absolute atomic E-state index is 5.84. The highest BCUT2D eigenvalue weighted by Gasteiger charge is 2.11. The van der Waals surface area contributed by atoms with Crippen LogP contribution in [-0.4, -0.2) is 20.6 Å². The summed E-state index contributed by atoms with van der Waals surface area (Å²) >= 11 is 12.9. The number of nitrogens with zero attached hydrogens (tertiary/aromatic N) is 3. The number of rotatable bonds is 1. The molecule has 0 aromatic carbocycles. The predicted octanol–water partition coefficient (Wildman–Crippen LogP) is 2.40. The Balaban J connectivity index is 0.000000845. The van der Waals surface area contributed by atoms with Gasteiger partial charge in [-0.15, -0.1) is 21.5 Å². The van der Waals surface area contributed by atoms with Gasteiger partial charge in [-0.1, -0.05) is 23.2 Å². The summed E-state index contributed by atoms with van der Waals surface area (Å²) < 4.78 is 0.611. The number of hydrogen-bond acceptors (Lipinski definition) is 5. The Bertz CT molecular complexity index is 384. The van der Waals surface area contributed by atoms with Gasteiger partial charge in [-0.3, -0.25) is 0 Å². The SMILES string of the molecule is Clc1cc(Cl)c(-c2nn[nH]n2)s1.N. The summed E-state index contributed by atoms with van der Waals surface area (Å²) in [7, 11) is 0. The lowest BCUT2D eigenvalue weighted by molar-refractivity contribution is 0.881. The molecular formula is C5H5Cl2N5S. The van der Waals surface area contributed by atoms with Crippen molar-refractivity contribution in [1.82, 2.24) is 26.8 Å². The second kappa shape index (κ2) is 4.01. The molecule has 70 valence electrons. The normalized spacial score (nSPS) is 9.69. The van der Waals surface area contributed by atoms with Crippen LogP contribution >= 0.6 is 34.5 Å². The van der Waals surface area contributed by atoms with E-state index in [0.717, 1.165) is 4.88 Å². The van der Waals surface area contributed by atoms with Crippen LogP contribution in [0.5, 0.6) is 0 Å². The topological polar surface area (TPSA) is 89.5 Å². The second-order valence-electron chi connectivity index (χ2n) is 1.96. The molecule has 0 fully saturated rings. The van der Waals surface area contributed by atoms with Gasteiger partial charge in [0.25, 0.3) is 0 Å². The van der Waals surface area contributed by atoms with E-state index in [1.54, 1.807) is 6.07 Å². The number of H-pyrrole nitrogens is 1. The minimum Gasteiger partial charge on any atom is -0.344 e. The molecule has 5 nitrogen and oxygen atoms in total. The molecule has 2 rings (SSSR count). The lowest BCUT2D eigenvalue weighted by Gasteiger charge is -1.85. The fourth-order valence-corrected chi connectivity index (χ4v) is 2.23. The maximum Gasteiger partial charge on any atom is 0.216 e. The lowest BCUT2D eigenvalue weighted by Crippen LogP contribution is -1.75. The monoisotopic (exact) mass is 237 g/mol. The summed E-state index contributed by atoms with van der Waals surface area (Å²) in [6.07, 6.45) is 0. The van der Waals surface area contributed by atoms with Crippen molar-refractivity contribution < 1.29 is 0 Å². The summed E-state index contributed by atoms with van der Waals surface area (Å²) in [6, 6.07) is 1.65. The minimum atomic E-state index is 0. The van der Waals surface area contributed by atoms with Crippen molar-refractivity contribution in [2.45, 2.75) is 0 Å². The molecule has 2 heterocycles. The van der Waals surface area contributed by atoms with Crippen LogP contribution in [0.25, 0.3) is 10.7 Å². The first-order chi connectivity index (χ1) is 5.77. The number of aromatic amines is 1. The standard InChI is InChI=1S/C5H2Cl2N4S.H3N/c6-2-1-3(7)12-4(2)5-8-10-11-9-5;/h1H,(H,8,9,10,11);1H3. The van der Waals surface area contributed by atoms with Gasteiger partial charge in [-0.2, -0.15) is 5.21 Å². The molecule has 0 unspecified atom stereocenters. The zero-order chi connectivity index (χ0) is 8.55. The summed E-state index contributed by atoms with van der Waals surface area (Å²) in [5, 5.41) is 13.9. The predicted molar refractivity (Wildman–Crippen MR) is 52.5 cm³/mol. The van der Waals surface area contributed by atoms with Crippen LogP contribution in [0.2, 0.25) is 9.36 Å². The molecule has 0 saturated carbocycles. The van der Waals surface area contributed by atoms with Crippen molar-refractivity contribution in [3.8, 4) is 10.7 Å². The lowest BCUT2D eigenvalue weighted by atomic mass is 10.4. The average molecular weight is 238 g/mol. The molecule has 0 aliphatic heterocycles. The van der Waals surface area contributed by atoms with Gasteiger partial charge < -0.3 is 6.15 Å². The summed E-state index contributed by atoms with van der Waals surface area (Å²) in [6.45, 7) is 0. The van der Waals surface area contributed by atoms with Gasteiger partial charge in [0.2, 0.25) is 5.82 Å². The van der Waals surface area contributed by atoms with Gasteiger partial charge in [0.05, 0.1) is 14.2 Å². The number of nitrogens with one attached hydrogen (secondary N) is 1. The Kier molecular flexibility index (Phi) is 3.21. The molecule has 0 radical (unpaired) electrons. The molecule has 0 aliphatic carbocycles. The molecule has 2 aromatic heterocycles. The minimum absolute atomic E-state index is 0. The Morgan fingerprint density at radius 2 is 2.15 bits per heavy atom. The van der Waals surface area contributed by atoms with E-state index in [2.05, 4.69) is 20.6 Å². The van der Waals surface area contributed by atoms with Crippen molar-refractivity contribution in [2.75, 3.05) is 0 Å². The van der Waals surface area contributed by atoms with Gasteiger partial charge >= 0.3 is 0 Å². The van der Waals surface area contributed by atoms with E-state index in [1.165, 1.54) is 11.3 Å². The Morgan fingerprint density at radius 1 is 1.38 bits per heavy atom. The molecule has 0 amide bonds.